The normalized spacial score (nSPS) is 31.0. The number of aromatic nitrogens is 1. The Morgan fingerprint density at radius 3 is 2.81 bits per heavy atom. The van der Waals surface area contributed by atoms with Crippen LogP contribution in [0.5, 0.6) is 5.75 Å². The van der Waals surface area contributed by atoms with E-state index < -0.39 is 15.4 Å². The van der Waals surface area contributed by atoms with Crippen LogP contribution in [0.1, 0.15) is 68.0 Å². The molecule has 174 valence electrons. The van der Waals surface area contributed by atoms with Crippen molar-refractivity contribution in [3.63, 3.8) is 0 Å². The van der Waals surface area contributed by atoms with Crippen molar-refractivity contribution in [2.24, 2.45) is 0 Å². The van der Waals surface area contributed by atoms with Crippen LogP contribution in [0.25, 0.3) is 0 Å². The van der Waals surface area contributed by atoms with Gasteiger partial charge in [0.2, 0.25) is 15.9 Å². The number of hydrogen-bond acceptors (Lipinski definition) is 6. The first-order chi connectivity index (χ1) is 15.4. The van der Waals surface area contributed by atoms with E-state index in [9.17, 15) is 8.42 Å². The Bertz CT molecular complexity index is 1040. The third kappa shape index (κ3) is 4.87. The van der Waals surface area contributed by atoms with Gasteiger partial charge in [-0.3, -0.25) is 0 Å². The molecule has 7 nitrogen and oxygen atoms in total. The molecule has 32 heavy (non-hydrogen) atoms. The molecule has 6 rings (SSSR count). The van der Waals surface area contributed by atoms with Gasteiger partial charge in [0.1, 0.15) is 12.0 Å². The molecule has 2 aliphatic carbocycles. The summed E-state index contributed by atoms with van der Waals surface area (Å²) in [5.41, 5.74) is 1.79. The highest BCUT2D eigenvalue weighted by Crippen LogP contribution is 2.43. The third-order valence-corrected chi connectivity index (χ3v) is 7.98. The number of fused-ring (bicyclic) bond motifs is 5. The number of nitrogens with zero attached hydrogens (tertiary/aromatic N) is 1. The summed E-state index contributed by atoms with van der Waals surface area (Å²) in [6.45, 7) is 1.04. The Morgan fingerprint density at radius 1 is 1.16 bits per heavy atom. The molecule has 0 amide bonds. The summed E-state index contributed by atoms with van der Waals surface area (Å²) in [5.74, 6) is 2.11. The molecule has 2 atom stereocenters. The zero-order valence-corrected chi connectivity index (χ0v) is 19.4. The second-order valence-electron chi connectivity index (χ2n) is 9.71. The number of ether oxygens (including phenoxy) is 2. The minimum Gasteiger partial charge on any atom is -0.493 e. The molecular formula is C24H32N2O5S. The topological polar surface area (TPSA) is 90.7 Å². The molecular weight excluding hydrogens is 428 g/mol. The van der Waals surface area contributed by atoms with Crippen molar-refractivity contribution in [3.05, 3.63) is 47.7 Å². The molecule has 4 aliphatic rings. The van der Waals surface area contributed by atoms with Gasteiger partial charge in [-0.1, -0.05) is 12.1 Å². The van der Waals surface area contributed by atoms with Crippen LogP contribution in [0.4, 0.5) is 0 Å². The first kappa shape index (κ1) is 21.9. The quantitative estimate of drug-likeness (QED) is 0.735. The van der Waals surface area contributed by atoms with Crippen molar-refractivity contribution in [3.8, 4) is 5.75 Å². The second kappa shape index (κ2) is 8.80. The summed E-state index contributed by atoms with van der Waals surface area (Å²) in [6, 6.07) is 8.34. The van der Waals surface area contributed by atoms with E-state index in [4.69, 9.17) is 18.9 Å². The third-order valence-electron chi connectivity index (χ3n) is 7.22. The number of nitrogens with one attached hydrogen (secondary N) is 1. The lowest BCUT2D eigenvalue weighted by Gasteiger charge is -2.33. The summed E-state index contributed by atoms with van der Waals surface area (Å²) in [5, 5.41) is 0. The average Bonchev–Trinajstić information content (AvgIpc) is 3.39. The summed E-state index contributed by atoms with van der Waals surface area (Å²) in [6.07, 6.45) is 10.2. The maximum absolute atomic E-state index is 11.8. The van der Waals surface area contributed by atoms with Crippen LogP contribution in [0, 0.1) is 0 Å². The SMILES string of the molecule is CS(=O)(=O)N[C@H]1CC[C@@]2(COC3CCC(CC3)c3cccc(c3)OCCc3coc2n3)C1. The van der Waals surface area contributed by atoms with Gasteiger partial charge >= 0.3 is 0 Å². The van der Waals surface area contributed by atoms with E-state index in [2.05, 4.69) is 22.9 Å². The zero-order valence-electron chi connectivity index (χ0n) is 18.6. The lowest BCUT2D eigenvalue weighted by molar-refractivity contribution is -0.0101. The predicted molar refractivity (Wildman–Crippen MR) is 120 cm³/mol. The first-order valence-electron chi connectivity index (χ1n) is 11.7. The van der Waals surface area contributed by atoms with Gasteiger partial charge in [-0.2, -0.15) is 0 Å². The fourth-order valence-electron chi connectivity index (χ4n) is 5.55. The zero-order chi connectivity index (χ0) is 22.2. The lowest BCUT2D eigenvalue weighted by atomic mass is 9.82. The monoisotopic (exact) mass is 460 g/mol. The second-order valence-corrected chi connectivity index (χ2v) is 11.5. The summed E-state index contributed by atoms with van der Waals surface area (Å²) in [4.78, 5) is 4.79. The molecule has 1 spiro atoms. The van der Waals surface area contributed by atoms with Gasteiger partial charge in [0.25, 0.3) is 0 Å². The van der Waals surface area contributed by atoms with Gasteiger partial charge in [-0.25, -0.2) is 18.1 Å². The van der Waals surface area contributed by atoms with Crippen LogP contribution >= 0.6 is 0 Å². The van der Waals surface area contributed by atoms with E-state index in [1.165, 1.54) is 11.8 Å². The van der Waals surface area contributed by atoms with Crippen molar-refractivity contribution < 1.29 is 22.3 Å². The average molecular weight is 461 g/mol. The van der Waals surface area contributed by atoms with Crippen LogP contribution in [-0.4, -0.2) is 45.0 Å². The van der Waals surface area contributed by atoms with E-state index in [1.807, 2.05) is 6.07 Å². The Hall–Kier alpha value is -1.90. The summed E-state index contributed by atoms with van der Waals surface area (Å²) < 4.78 is 44.8. The standard InChI is InChI=1S/C24H32N2O5S/c1-32(27,28)26-19-9-11-24(14-19)16-31-21-7-5-17(6-8-21)18-3-2-4-22(13-18)29-12-10-20-15-30-23(24)25-20/h2-4,13,15,17,19,21,26H,5-12,14,16H2,1H3/t17?,19-,21?,24-/m0/s1. The van der Waals surface area contributed by atoms with Crippen LogP contribution < -0.4 is 9.46 Å². The molecule has 2 aliphatic heterocycles. The smallest absolute Gasteiger partial charge is 0.208 e. The van der Waals surface area contributed by atoms with E-state index in [1.54, 1.807) is 6.26 Å². The van der Waals surface area contributed by atoms with Crippen molar-refractivity contribution in [1.29, 1.82) is 0 Å². The number of rotatable bonds is 2. The Morgan fingerprint density at radius 2 is 2.00 bits per heavy atom. The molecule has 0 radical (unpaired) electrons. The maximum atomic E-state index is 11.8. The highest BCUT2D eigenvalue weighted by molar-refractivity contribution is 7.88. The highest BCUT2D eigenvalue weighted by Gasteiger charge is 2.46. The highest BCUT2D eigenvalue weighted by atomic mass is 32.2. The van der Waals surface area contributed by atoms with Crippen molar-refractivity contribution in [1.82, 2.24) is 9.71 Å². The Balaban J connectivity index is 1.40. The van der Waals surface area contributed by atoms with Gasteiger partial charge in [0, 0.05) is 12.5 Å². The van der Waals surface area contributed by atoms with Crippen molar-refractivity contribution in [2.45, 2.75) is 74.8 Å². The number of hydrogen-bond donors (Lipinski definition) is 1. The molecule has 2 saturated carbocycles. The number of benzene rings is 1. The van der Waals surface area contributed by atoms with Crippen molar-refractivity contribution >= 4 is 10.0 Å². The predicted octanol–water partition coefficient (Wildman–Crippen LogP) is 3.69. The van der Waals surface area contributed by atoms with Crippen molar-refractivity contribution in [2.75, 3.05) is 19.5 Å². The van der Waals surface area contributed by atoms with Gasteiger partial charge in [-0.15, -0.1) is 0 Å². The van der Waals surface area contributed by atoms with E-state index in [0.29, 0.717) is 37.9 Å². The molecule has 1 aromatic carbocycles. The summed E-state index contributed by atoms with van der Waals surface area (Å²) in [7, 11) is -3.27. The fourth-order valence-corrected chi connectivity index (χ4v) is 6.36. The molecule has 0 saturated heterocycles. The first-order valence-corrected chi connectivity index (χ1v) is 13.5. The fraction of sp³-hybridized carbons (Fsp3) is 0.625. The van der Waals surface area contributed by atoms with Crippen LogP contribution in [0.3, 0.4) is 0 Å². The van der Waals surface area contributed by atoms with Gasteiger partial charge in [0.05, 0.1) is 36.7 Å². The minimum absolute atomic E-state index is 0.126. The molecule has 2 fully saturated rings. The number of sulfonamides is 1. The van der Waals surface area contributed by atoms with Gasteiger partial charge in [0.15, 0.2) is 0 Å². The van der Waals surface area contributed by atoms with E-state index in [-0.39, 0.29) is 12.1 Å². The van der Waals surface area contributed by atoms with Gasteiger partial charge in [-0.05, 0) is 68.6 Å². The summed E-state index contributed by atoms with van der Waals surface area (Å²) >= 11 is 0. The molecule has 6 bridgehead atoms. The molecule has 1 aromatic heterocycles. The molecule has 3 heterocycles. The molecule has 2 aromatic rings. The van der Waals surface area contributed by atoms with Crippen LogP contribution in [-0.2, 0) is 26.6 Å². The maximum Gasteiger partial charge on any atom is 0.208 e. The molecule has 8 heteroatoms. The van der Waals surface area contributed by atoms with Crippen LogP contribution in [0.15, 0.2) is 34.9 Å². The van der Waals surface area contributed by atoms with E-state index in [0.717, 1.165) is 50.0 Å². The lowest BCUT2D eigenvalue weighted by Crippen LogP contribution is -2.37. The Kier molecular flexibility index (Phi) is 6.03. The number of oxazole rings is 1. The van der Waals surface area contributed by atoms with Gasteiger partial charge < -0.3 is 13.9 Å². The van der Waals surface area contributed by atoms with Crippen LogP contribution in [0.2, 0.25) is 0 Å². The largest absolute Gasteiger partial charge is 0.493 e. The molecule has 1 N–H and O–H groups in total. The Labute approximate surface area is 189 Å². The molecule has 0 unspecified atom stereocenters. The minimum atomic E-state index is -3.27. The van der Waals surface area contributed by atoms with E-state index >= 15 is 0 Å².